The van der Waals surface area contributed by atoms with Crippen LogP contribution in [0.25, 0.3) is 0 Å². The van der Waals surface area contributed by atoms with Crippen LogP contribution in [0.2, 0.25) is 0 Å². The first-order valence-corrected chi connectivity index (χ1v) is 6.70. The molecule has 1 aliphatic rings. The van der Waals surface area contributed by atoms with Gasteiger partial charge in [0, 0.05) is 18.5 Å². The second kappa shape index (κ2) is 5.61. The molecule has 5 heteroatoms. The van der Waals surface area contributed by atoms with E-state index in [4.69, 9.17) is 0 Å². The smallest absolute Gasteiger partial charge is 0.145 e. The van der Waals surface area contributed by atoms with Gasteiger partial charge in [-0.15, -0.1) is 0 Å². The second-order valence-corrected chi connectivity index (χ2v) is 5.53. The molecule has 0 bridgehead atoms. The van der Waals surface area contributed by atoms with Crippen molar-refractivity contribution in [2.24, 2.45) is 11.8 Å². The molecule has 100 valence electrons. The van der Waals surface area contributed by atoms with Gasteiger partial charge < -0.3 is 5.32 Å². The molecule has 0 aromatic carbocycles. The summed E-state index contributed by atoms with van der Waals surface area (Å²) < 4.78 is 1.86. The van der Waals surface area contributed by atoms with E-state index in [1.54, 1.807) is 6.33 Å². The Bertz CT molecular complexity index is 413. The van der Waals surface area contributed by atoms with Crippen LogP contribution >= 0.6 is 0 Å². The van der Waals surface area contributed by atoms with Crippen LogP contribution in [-0.2, 0) is 17.8 Å². The first kappa shape index (κ1) is 13.2. The highest BCUT2D eigenvalue weighted by molar-refractivity contribution is 5.83. The first-order chi connectivity index (χ1) is 8.58. The molecular formula is C13H22N4O. The van der Waals surface area contributed by atoms with Crippen LogP contribution in [0.1, 0.15) is 33.0 Å². The van der Waals surface area contributed by atoms with Gasteiger partial charge in [-0.2, -0.15) is 5.10 Å². The fourth-order valence-electron chi connectivity index (χ4n) is 2.51. The van der Waals surface area contributed by atoms with Gasteiger partial charge in [0.25, 0.3) is 0 Å². The molecule has 1 fully saturated rings. The number of carbonyl (C=O) groups excluding carboxylic acids is 1. The molecule has 1 aliphatic heterocycles. The summed E-state index contributed by atoms with van der Waals surface area (Å²) >= 11 is 0. The minimum atomic E-state index is 0.134. The predicted molar refractivity (Wildman–Crippen MR) is 69.1 cm³/mol. The Hall–Kier alpha value is -1.23. The van der Waals surface area contributed by atoms with E-state index in [2.05, 4.69) is 36.2 Å². The number of ketones is 1. The zero-order valence-electron chi connectivity index (χ0n) is 11.4. The van der Waals surface area contributed by atoms with Crippen LogP contribution in [0.4, 0.5) is 0 Å². The Labute approximate surface area is 108 Å². The Morgan fingerprint density at radius 3 is 3.00 bits per heavy atom. The van der Waals surface area contributed by atoms with Crippen molar-refractivity contribution in [1.29, 1.82) is 0 Å². The molecule has 1 aromatic rings. The van der Waals surface area contributed by atoms with E-state index in [1.165, 1.54) is 0 Å². The number of Topliss-reactive ketones (excluding diaryl/α,β-unsaturated/α-hetero) is 1. The van der Waals surface area contributed by atoms with E-state index in [0.29, 0.717) is 18.4 Å². The quantitative estimate of drug-likeness (QED) is 0.848. The molecule has 0 spiro atoms. The number of rotatable bonds is 5. The maximum Gasteiger partial charge on any atom is 0.145 e. The molecular weight excluding hydrogens is 228 g/mol. The topological polar surface area (TPSA) is 59.8 Å². The van der Waals surface area contributed by atoms with Gasteiger partial charge in [-0.3, -0.25) is 4.79 Å². The number of hydrogen-bond donors (Lipinski definition) is 1. The van der Waals surface area contributed by atoms with Crippen molar-refractivity contribution in [3.8, 4) is 0 Å². The monoisotopic (exact) mass is 250 g/mol. The van der Waals surface area contributed by atoms with Gasteiger partial charge >= 0.3 is 0 Å². The van der Waals surface area contributed by atoms with Gasteiger partial charge in [0.05, 0.1) is 6.42 Å². The van der Waals surface area contributed by atoms with Crippen molar-refractivity contribution >= 4 is 5.78 Å². The molecule has 2 atom stereocenters. The highest BCUT2D eigenvalue weighted by Gasteiger charge is 2.29. The second-order valence-electron chi connectivity index (χ2n) is 5.53. The molecule has 1 aromatic heterocycles. The lowest BCUT2D eigenvalue weighted by molar-refractivity contribution is -0.122. The lowest BCUT2D eigenvalue weighted by Crippen LogP contribution is -2.29. The van der Waals surface area contributed by atoms with Gasteiger partial charge in [-0.1, -0.05) is 13.8 Å². The highest BCUT2D eigenvalue weighted by atomic mass is 16.1. The molecule has 18 heavy (non-hydrogen) atoms. The minimum Gasteiger partial charge on any atom is -0.314 e. The van der Waals surface area contributed by atoms with Crippen LogP contribution in [0, 0.1) is 11.8 Å². The first-order valence-electron chi connectivity index (χ1n) is 6.70. The standard InChI is InChI=1S/C13H22N4O/c1-9(2)7-17-13(15-8-16-17)6-12(18)11-4-5-14-10(11)3/h8-11,14H,4-7H2,1-3H3. The van der Waals surface area contributed by atoms with E-state index in [0.717, 1.165) is 25.3 Å². The molecule has 2 rings (SSSR count). The Morgan fingerprint density at radius 2 is 2.39 bits per heavy atom. The number of carbonyl (C=O) groups is 1. The van der Waals surface area contributed by atoms with Crippen LogP contribution in [0.3, 0.4) is 0 Å². The lowest BCUT2D eigenvalue weighted by Gasteiger charge is -2.14. The van der Waals surface area contributed by atoms with Crippen molar-refractivity contribution < 1.29 is 4.79 Å². The van der Waals surface area contributed by atoms with E-state index >= 15 is 0 Å². The third kappa shape index (κ3) is 2.96. The van der Waals surface area contributed by atoms with Crippen molar-refractivity contribution in [2.45, 2.75) is 46.2 Å². The Morgan fingerprint density at radius 1 is 1.61 bits per heavy atom. The van der Waals surface area contributed by atoms with Crippen molar-refractivity contribution in [3.05, 3.63) is 12.2 Å². The van der Waals surface area contributed by atoms with Crippen LogP contribution in [0.15, 0.2) is 6.33 Å². The minimum absolute atomic E-state index is 0.134. The van der Waals surface area contributed by atoms with Crippen LogP contribution in [-0.4, -0.2) is 33.1 Å². The molecule has 0 radical (unpaired) electrons. The Balaban J connectivity index is 2.00. The summed E-state index contributed by atoms with van der Waals surface area (Å²) in [4.78, 5) is 16.5. The van der Waals surface area contributed by atoms with Crippen molar-refractivity contribution in [2.75, 3.05) is 6.54 Å². The molecule has 2 heterocycles. The molecule has 0 saturated carbocycles. The van der Waals surface area contributed by atoms with Crippen molar-refractivity contribution in [3.63, 3.8) is 0 Å². The SMILES string of the molecule is CC(C)Cn1ncnc1CC(=O)C1CCNC1C. The lowest BCUT2D eigenvalue weighted by atomic mass is 9.94. The molecule has 0 aliphatic carbocycles. The molecule has 5 nitrogen and oxygen atoms in total. The summed E-state index contributed by atoms with van der Waals surface area (Å²) in [5, 5.41) is 7.51. The van der Waals surface area contributed by atoms with Gasteiger partial charge in [0.2, 0.25) is 0 Å². The number of nitrogens with one attached hydrogen (secondary N) is 1. The number of hydrogen-bond acceptors (Lipinski definition) is 4. The molecule has 1 saturated heterocycles. The summed E-state index contributed by atoms with van der Waals surface area (Å²) in [6.07, 6.45) is 2.89. The zero-order valence-corrected chi connectivity index (χ0v) is 11.4. The maximum absolute atomic E-state index is 12.2. The average molecular weight is 250 g/mol. The summed E-state index contributed by atoms with van der Waals surface area (Å²) in [6, 6.07) is 0.291. The molecule has 2 unspecified atom stereocenters. The fraction of sp³-hybridized carbons (Fsp3) is 0.769. The van der Waals surface area contributed by atoms with Gasteiger partial charge in [-0.25, -0.2) is 9.67 Å². The average Bonchev–Trinajstić information content (AvgIpc) is 2.88. The molecule has 0 amide bonds. The maximum atomic E-state index is 12.2. The summed E-state index contributed by atoms with van der Waals surface area (Å²) in [7, 11) is 0. The van der Waals surface area contributed by atoms with E-state index in [9.17, 15) is 4.79 Å². The summed E-state index contributed by atoms with van der Waals surface area (Å²) in [6.45, 7) is 8.11. The Kier molecular flexibility index (Phi) is 4.11. The predicted octanol–water partition coefficient (Wildman–Crippen LogP) is 1.04. The number of nitrogens with zero attached hydrogens (tertiary/aromatic N) is 3. The van der Waals surface area contributed by atoms with E-state index < -0.39 is 0 Å². The van der Waals surface area contributed by atoms with E-state index in [1.807, 2.05) is 4.68 Å². The fourth-order valence-corrected chi connectivity index (χ4v) is 2.51. The van der Waals surface area contributed by atoms with Crippen molar-refractivity contribution in [1.82, 2.24) is 20.1 Å². The largest absolute Gasteiger partial charge is 0.314 e. The summed E-state index contributed by atoms with van der Waals surface area (Å²) in [5.41, 5.74) is 0. The normalized spacial score (nSPS) is 23.8. The van der Waals surface area contributed by atoms with Gasteiger partial charge in [0.15, 0.2) is 0 Å². The zero-order chi connectivity index (χ0) is 13.1. The van der Waals surface area contributed by atoms with Crippen LogP contribution in [0.5, 0.6) is 0 Å². The third-order valence-electron chi connectivity index (χ3n) is 3.50. The highest BCUT2D eigenvalue weighted by Crippen LogP contribution is 2.18. The summed E-state index contributed by atoms with van der Waals surface area (Å²) in [5.74, 6) is 1.72. The van der Waals surface area contributed by atoms with E-state index in [-0.39, 0.29) is 11.7 Å². The van der Waals surface area contributed by atoms with Crippen LogP contribution < -0.4 is 5.32 Å². The third-order valence-corrected chi connectivity index (χ3v) is 3.50. The van der Waals surface area contributed by atoms with Gasteiger partial charge in [0.1, 0.15) is 17.9 Å². The number of aromatic nitrogens is 3. The van der Waals surface area contributed by atoms with Gasteiger partial charge in [-0.05, 0) is 25.8 Å². The molecule has 1 N–H and O–H groups in total.